The summed E-state index contributed by atoms with van der Waals surface area (Å²) in [6.45, 7) is 9.90. The van der Waals surface area contributed by atoms with Gasteiger partial charge in [0.15, 0.2) is 5.65 Å². The number of hydrogen-bond acceptors (Lipinski definition) is 5. The molecule has 4 aromatic rings. The van der Waals surface area contributed by atoms with Crippen LogP contribution in [-0.4, -0.2) is 31.5 Å². The molecule has 0 bridgehead atoms. The molecular formula is C32H37N5O. The zero-order valence-corrected chi connectivity index (χ0v) is 23.0. The van der Waals surface area contributed by atoms with Crippen molar-refractivity contribution in [2.45, 2.75) is 84.5 Å². The van der Waals surface area contributed by atoms with Gasteiger partial charge in [0.05, 0.1) is 17.8 Å². The van der Waals surface area contributed by atoms with E-state index >= 15 is 0 Å². The molecule has 1 N–H and O–H groups in total. The number of nitrogens with zero attached hydrogens (tertiary/aromatic N) is 4. The van der Waals surface area contributed by atoms with Crippen LogP contribution in [0.3, 0.4) is 0 Å². The molecular weight excluding hydrogens is 470 g/mol. The van der Waals surface area contributed by atoms with Gasteiger partial charge in [-0.1, -0.05) is 26.8 Å². The highest BCUT2D eigenvalue weighted by Crippen LogP contribution is 2.42. The minimum Gasteiger partial charge on any atom is -0.493 e. The number of aromatic amines is 1. The number of pyridine rings is 1. The Kier molecular flexibility index (Phi) is 5.57. The third kappa shape index (κ3) is 4.38. The second-order valence-corrected chi connectivity index (χ2v) is 12.7. The lowest BCUT2D eigenvalue weighted by Gasteiger charge is -2.35. The molecule has 2 atom stereocenters. The van der Waals surface area contributed by atoms with Gasteiger partial charge in [-0.3, -0.25) is 0 Å². The van der Waals surface area contributed by atoms with E-state index in [-0.39, 0.29) is 0 Å². The number of rotatable bonds is 3. The van der Waals surface area contributed by atoms with Gasteiger partial charge >= 0.3 is 0 Å². The van der Waals surface area contributed by atoms with Crippen molar-refractivity contribution in [3.05, 3.63) is 64.6 Å². The maximum absolute atomic E-state index is 6.37. The molecule has 6 heteroatoms. The van der Waals surface area contributed by atoms with Crippen LogP contribution in [0.15, 0.2) is 30.5 Å². The Morgan fingerprint density at radius 1 is 1.03 bits per heavy atom. The van der Waals surface area contributed by atoms with Gasteiger partial charge < -0.3 is 9.72 Å². The number of hydrogen-bond donors (Lipinski definition) is 1. The number of nitrogens with one attached hydrogen (secondary N) is 1. The Labute approximate surface area is 224 Å². The van der Waals surface area contributed by atoms with Crippen molar-refractivity contribution in [3.8, 4) is 16.9 Å². The maximum atomic E-state index is 6.37. The fourth-order valence-corrected chi connectivity index (χ4v) is 6.57. The third-order valence-corrected chi connectivity index (χ3v) is 8.91. The average Bonchev–Trinajstić information content (AvgIpc) is 3.64. The van der Waals surface area contributed by atoms with E-state index < -0.39 is 0 Å². The molecule has 0 spiro atoms. The predicted molar refractivity (Wildman–Crippen MR) is 150 cm³/mol. The predicted octanol–water partition coefficient (Wildman–Crippen LogP) is 6.86. The zero-order valence-electron chi connectivity index (χ0n) is 23.0. The number of aryl methyl sites for hydroxylation is 2. The fourth-order valence-electron chi connectivity index (χ4n) is 6.57. The number of benzene rings is 1. The van der Waals surface area contributed by atoms with Crippen LogP contribution < -0.4 is 4.74 Å². The highest BCUT2D eigenvalue weighted by atomic mass is 16.5. The summed E-state index contributed by atoms with van der Waals surface area (Å²) >= 11 is 0. The van der Waals surface area contributed by atoms with Crippen LogP contribution in [0.2, 0.25) is 0 Å². The summed E-state index contributed by atoms with van der Waals surface area (Å²) in [5.74, 6) is 4.40. The Morgan fingerprint density at radius 2 is 1.89 bits per heavy atom. The van der Waals surface area contributed by atoms with Gasteiger partial charge in [0.25, 0.3) is 0 Å². The molecule has 38 heavy (non-hydrogen) atoms. The highest BCUT2D eigenvalue weighted by Gasteiger charge is 2.34. The van der Waals surface area contributed by atoms with Crippen LogP contribution in [-0.2, 0) is 19.3 Å². The lowest BCUT2D eigenvalue weighted by atomic mass is 9.72. The quantitative estimate of drug-likeness (QED) is 0.328. The van der Waals surface area contributed by atoms with E-state index in [2.05, 4.69) is 55.0 Å². The minimum absolute atomic E-state index is 0.298. The second kappa shape index (κ2) is 8.89. The molecule has 1 fully saturated rings. The first-order chi connectivity index (χ1) is 18.3. The Morgan fingerprint density at radius 3 is 2.74 bits per heavy atom. The van der Waals surface area contributed by atoms with Gasteiger partial charge in [-0.15, -0.1) is 0 Å². The summed E-state index contributed by atoms with van der Waals surface area (Å²) in [5, 5.41) is 0. The van der Waals surface area contributed by atoms with Crippen LogP contribution in [0.25, 0.3) is 22.3 Å². The summed E-state index contributed by atoms with van der Waals surface area (Å²) in [4.78, 5) is 22.8. The van der Waals surface area contributed by atoms with Gasteiger partial charge in [0.1, 0.15) is 17.4 Å². The van der Waals surface area contributed by atoms with Crippen LogP contribution in [0.4, 0.5) is 0 Å². The SMILES string of the molecule is Cc1nc2c(c(C3CCOc4ccc(-c5cnc6nc(C7CC7)[nH]c6c5)cc4CC3C)n1)CC(C)(C)CC2. The number of H-pyrrole nitrogens is 1. The first kappa shape index (κ1) is 23.8. The minimum atomic E-state index is 0.298. The number of aromatic nitrogens is 5. The van der Waals surface area contributed by atoms with Crippen molar-refractivity contribution in [1.29, 1.82) is 0 Å². The Bertz CT molecular complexity index is 1530. The number of fused-ring (bicyclic) bond motifs is 3. The van der Waals surface area contributed by atoms with E-state index in [1.54, 1.807) is 0 Å². The Hall–Kier alpha value is -3.28. The van der Waals surface area contributed by atoms with Gasteiger partial charge in [0, 0.05) is 29.3 Å². The second-order valence-electron chi connectivity index (χ2n) is 12.7. The number of imidazole rings is 1. The molecule has 2 aliphatic carbocycles. The van der Waals surface area contributed by atoms with Crippen LogP contribution >= 0.6 is 0 Å². The van der Waals surface area contributed by atoms with Gasteiger partial charge in [-0.05, 0) is 98.1 Å². The van der Waals surface area contributed by atoms with E-state index in [1.165, 1.54) is 47.3 Å². The first-order valence-corrected chi connectivity index (χ1v) is 14.3. The van der Waals surface area contributed by atoms with Gasteiger partial charge in [-0.25, -0.2) is 19.9 Å². The van der Waals surface area contributed by atoms with Crippen LogP contribution in [0.1, 0.15) is 92.5 Å². The summed E-state index contributed by atoms with van der Waals surface area (Å²) in [5.41, 5.74) is 9.64. The molecule has 6 nitrogen and oxygen atoms in total. The van der Waals surface area contributed by atoms with E-state index in [4.69, 9.17) is 19.7 Å². The molecule has 3 aliphatic rings. The molecule has 2 unspecified atom stereocenters. The van der Waals surface area contributed by atoms with E-state index in [0.29, 0.717) is 29.8 Å². The summed E-state index contributed by atoms with van der Waals surface area (Å²) in [7, 11) is 0. The van der Waals surface area contributed by atoms with E-state index in [9.17, 15) is 0 Å². The van der Waals surface area contributed by atoms with Crippen molar-refractivity contribution in [3.63, 3.8) is 0 Å². The molecule has 196 valence electrons. The monoisotopic (exact) mass is 507 g/mol. The van der Waals surface area contributed by atoms with E-state index in [1.807, 2.05) is 13.1 Å². The van der Waals surface area contributed by atoms with Crippen molar-refractivity contribution < 1.29 is 4.74 Å². The Balaban J connectivity index is 1.20. The molecule has 1 saturated carbocycles. The van der Waals surface area contributed by atoms with Crippen LogP contribution in [0.5, 0.6) is 5.75 Å². The summed E-state index contributed by atoms with van der Waals surface area (Å²) in [6, 6.07) is 8.80. The summed E-state index contributed by atoms with van der Waals surface area (Å²) < 4.78 is 6.37. The zero-order chi connectivity index (χ0) is 26.0. The lowest BCUT2D eigenvalue weighted by Crippen LogP contribution is -2.28. The molecule has 0 amide bonds. The average molecular weight is 508 g/mol. The first-order valence-electron chi connectivity index (χ1n) is 14.3. The van der Waals surface area contributed by atoms with Crippen LogP contribution in [0, 0.1) is 18.3 Å². The molecule has 4 heterocycles. The van der Waals surface area contributed by atoms with Gasteiger partial charge in [0.2, 0.25) is 0 Å². The van der Waals surface area contributed by atoms with E-state index in [0.717, 1.165) is 59.8 Å². The maximum Gasteiger partial charge on any atom is 0.177 e. The standard InChI is InChI=1S/C32H37N5O/c1-18-13-22-14-21(23-15-27-31(33-17-23)37-30(36-27)20-5-6-20)7-8-28(22)38-12-10-24(18)29-25-16-32(3,4)11-9-26(25)34-19(2)35-29/h7-8,14-15,17-18,20,24H,5-6,9-13,16H2,1-4H3,(H,33,36,37). The fraction of sp³-hybridized carbons (Fsp3) is 0.500. The molecule has 0 saturated heterocycles. The lowest BCUT2D eigenvalue weighted by molar-refractivity contribution is 0.253. The van der Waals surface area contributed by atoms with Crippen molar-refractivity contribution in [2.75, 3.05) is 6.61 Å². The third-order valence-electron chi connectivity index (χ3n) is 8.91. The topological polar surface area (TPSA) is 76.6 Å². The van der Waals surface area contributed by atoms with Gasteiger partial charge in [-0.2, -0.15) is 0 Å². The van der Waals surface area contributed by atoms with Crippen molar-refractivity contribution >= 4 is 11.2 Å². The highest BCUT2D eigenvalue weighted by molar-refractivity contribution is 5.78. The van der Waals surface area contributed by atoms with Crippen molar-refractivity contribution in [1.82, 2.24) is 24.9 Å². The summed E-state index contributed by atoms with van der Waals surface area (Å²) in [6.07, 6.45) is 9.66. The largest absolute Gasteiger partial charge is 0.493 e. The van der Waals surface area contributed by atoms with Crippen molar-refractivity contribution in [2.24, 2.45) is 11.3 Å². The molecule has 7 rings (SSSR count). The molecule has 0 radical (unpaired) electrons. The molecule has 1 aromatic carbocycles. The molecule has 1 aliphatic heterocycles. The smallest absolute Gasteiger partial charge is 0.177 e. The molecule has 3 aromatic heterocycles. The normalized spacial score (nSPS) is 22.7. The number of ether oxygens (including phenoxy) is 1.